The maximum Gasteiger partial charge on any atom is 0.262 e. The maximum absolute atomic E-state index is 12.2. The molecule has 0 aromatic heterocycles. The second kappa shape index (κ2) is 7.84. The Balaban J connectivity index is 1.97. The van der Waals surface area contributed by atoms with E-state index in [0.717, 1.165) is 18.7 Å². The van der Waals surface area contributed by atoms with E-state index < -0.39 is 5.25 Å². The van der Waals surface area contributed by atoms with E-state index in [1.165, 1.54) is 11.8 Å². The summed E-state index contributed by atoms with van der Waals surface area (Å²) in [4.78, 5) is 30.3. The quantitative estimate of drug-likeness (QED) is 0.882. The van der Waals surface area contributed by atoms with Crippen molar-refractivity contribution in [2.75, 3.05) is 18.4 Å². The molecule has 0 saturated heterocycles. The number of amidine groups is 1. The zero-order valence-electron chi connectivity index (χ0n) is 13.4. The number of rotatable bonds is 5. The van der Waals surface area contributed by atoms with Gasteiger partial charge in [-0.2, -0.15) is 4.99 Å². The number of aliphatic imine (C=N–C) groups is 1. The number of benzene rings is 1. The van der Waals surface area contributed by atoms with Gasteiger partial charge in [-0.3, -0.25) is 9.59 Å². The van der Waals surface area contributed by atoms with E-state index in [-0.39, 0.29) is 18.2 Å². The Labute approximate surface area is 145 Å². The number of amides is 2. The molecular formula is C16H20ClN3O2S. The average Bonchev–Trinajstić information content (AvgIpc) is 2.86. The van der Waals surface area contributed by atoms with E-state index in [1.807, 2.05) is 25.7 Å². The van der Waals surface area contributed by atoms with Gasteiger partial charge in [-0.25, -0.2) is 0 Å². The Morgan fingerprint density at radius 2 is 2.09 bits per heavy atom. The Morgan fingerprint density at radius 3 is 2.74 bits per heavy atom. The summed E-state index contributed by atoms with van der Waals surface area (Å²) in [5.41, 5.74) is 1.48. The number of hydrogen-bond acceptors (Lipinski definition) is 4. The Kier molecular flexibility index (Phi) is 6.07. The fraction of sp³-hybridized carbons (Fsp3) is 0.438. The molecule has 0 spiro atoms. The summed E-state index contributed by atoms with van der Waals surface area (Å²) < 4.78 is 0. The number of carbonyl (C=O) groups is 2. The first kappa shape index (κ1) is 17.8. The largest absolute Gasteiger partial charge is 0.352 e. The monoisotopic (exact) mass is 353 g/mol. The molecule has 0 saturated carbocycles. The summed E-state index contributed by atoms with van der Waals surface area (Å²) in [6.07, 6.45) is 0.101. The smallest absolute Gasteiger partial charge is 0.262 e. The van der Waals surface area contributed by atoms with Crippen LogP contribution in [0.5, 0.6) is 0 Å². The van der Waals surface area contributed by atoms with Gasteiger partial charge in [-0.15, -0.1) is 0 Å². The standard InChI is InChI=1S/C16H20ClN3O2S/c1-4-20(5-2)16-19-15(22)13(23-16)9-14(21)18-12-8-6-7-11(17)10(12)3/h6-8,13H,4-5,9H2,1-3H3,(H,18,21)/t13-/m0/s1. The van der Waals surface area contributed by atoms with Crippen molar-refractivity contribution in [2.45, 2.75) is 32.4 Å². The molecule has 1 N–H and O–H groups in total. The van der Waals surface area contributed by atoms with Crippen LogP contribution in [0.2, 0.25) is 5.02 Å². The molecular weight excluding hydrogens is 334 g/mol. The van der Waals surface area contributed by atoms with Crippen molar-refractivity contribution in [1.82, 2.24) is 4.90 Å². The van der Waals surface area contributed by atoms with Crippen LogP contribution in [-0.4, -0.2) is 40.2 Å². The highest BCUT2D eigenvalue weighted by Gasteiger charge is 2.32. The van der Waals surface area contributed by atoms with Gasteiger partial charge in [0.2, 0.25) is 5.91 Å². The second-order valence-electron chi connectivity index (χ2n) is 5.18. The summed E-state index contributed by atoms with van der Waals surface area (Å²) in [6, 6.07) is 5.34. The Bertz CT molecular complexity index is 644. The summed E-state index contributed by atoms with van der Waals surface area (Å²) in [5, 5.41) is 3.67. The lowest BCUT2D eigenvalue weighted by Crippen LogP contribution is -2.28. The van der Waals surface area contributed by atoms with Crippen LogP contribution in [0.15, 0.2) is 23.2 Å². The molecule has 7 heteroatoms. The normalized spacial score (nSPS) is 17.1. The first-order valence-corrected chi connectivity index (χ1v) is 8.81. The van der Waals surface area contributed by atoms with Crippen LogP contribution in [0.4, 0.5) is 5.69 Å². The van der Waals surface area contributed by atoms with Crippen LogP contribution in [0, 0.1) is 6.92 Å². The maximum atomic E-state index is 12.2. The summed E-state index contributed by atoms with van der Waals surface area (Å²) in [5.74, 6) is -0.452. The number of hydrogen-bond donors (Lipinski definition) is 1. The first-order chi connectivity index (χ1) is 11.0. The summed E-state index contributed by atoms with van der Waals surface area (Å²) in [6.45, 7) is 7.44. The van der Waals surface area contributed by atoms with Crippen molar-refractivity contribution < 1.29 is 9.59 Å². The number of anilines is 1. The minimum Gasteiger partial charge on any atom is -0.352 e. The average molecular weight is 354 g/mol. The van der Waals surface area contributed by atoms with Crippen LogP contribution in [0.3, 0.4) is 0 Å². The fourth-order valence-electron chi connectivity index (χ4n) is 2.25. The molecule has 1 heterocycles. The number of halogens is 1. The molecule has 1 aromatic carbocycles. The van der Waals surface area contributed by atoms with Crippen LogP contribution in [0.1, 0.15) is 25.8 Å². The Hall–Kier alpha value is -1.53. The molecule has 0 bridgehead atoms. The third-order valence-electron chi connectivity index (χ3n) is 3.68. The topological polar surface area (TPSA) is 61.8 Å². The minimum atomic E-state index is -0.454. The van der Waals surface area contributed by atoms with Gasteiger partial charge in [0.15, 0.2) is 5.17 Å². The van der Waals surface area contributed by atoms with E-state index in [1.54, 1.807) is 18.2 Å². The second-order valence-corrected chi connectivity index (χ2v) is 6.75. The minimum absolute atomic E-state index is 0.101. The lowest BCUT2D eigenvalue weighted by atomic mass is 10.2. The van der Waals surface area contributed by atoms with Gasteiger partial charge in [0.05, 0.1) is 0 Å². The number of nitrogens with zero attached hydrogens (tertiary/aromatic N) is 2. The predicted octanol–water partition coefficient (Wildman–Crippen LogP) is 3.32. The van der Waals surface area contributed by atoms with Crippen molar-refractivity contribution >= 4 is 46.0 Å². The predicted molar refractivity (Wildman–Crippen MR) is 96.2 cm³/mol. The molecule has 0 aliphatic carbocycles. The van der Waals surface area contributed by atoms with Gasteiger partial charge >= 0.3 is 0 Å². The molecule has 2 rings (SSSR count). The van der Waals surface area contributed by atoms with E-state index in [4.69, 9.17) is 11.6 Å². The van der Waals surface area contributed by atoms with E-state index in [0.29, 0.717) is 15.9 Å². The van der Waals surface area contributed by atoms with Gasteiger partial charge in [-0.05, 0) is 38.5 Å². The van der Waals surface area contributed by atoms with Gasteiger partial charge < -0.3 is 10.2 Å². The van der Waals surface area contributed by atoms with Crippen molar-refractivity contribution in [3.63, 3.8) is 0 Å². The van der Waals surface area contributed by atoms with Crippen molar-refractivity contribution in [1.29, 1.82) is 0 Å². The van der Waals surface area contributed by atoms with Gasteiger partial charge in [0.25, 0.3) is 5.91 Å². The first-order valence-electron chi connectivity index (χ1n) is 7.55. The third-order valence-corrected chi connectivity index (χ3v) is 5.30. The van der Waals surface area contributed by atoms with Crippen LogP contribution >= 0.6 is 23.4 Å². The van der Waals surface area contributed by atoms with Crippen LogP contribution in [0.25, 0.3) is 0 Å². The number of nitrogens with one attached hydrogen (secondary N) is 1. The van der Waals surface area contributed by atoms with E-state index in [9.17, 15) is 9.59 Å². The SMILES string of the molecule is CCN(CC)C1=NC(=O)[C@H](CC(=O)Nc2cccc(Cl)c2C)S1. The van der Waals surface area contributed by atoms with Crippen molar-refractivity contribution in [2.24, 2.45) is 4.99 Å². The third kappa shape index (κ3) is 4.26. The summed E-state index contributed by atoms with van der Waals surface area (Å²) >= 11 is 7.41. The molecule has 2 amide bonds. The van der Waals surface area contributed by atoms with E-state index >= 15 is 0 Å². The molecule has 1 atom stereocenters. The highest BCUT2D eigenvalue weighted by molar-refractivity contribution is 8.15. The fourth-order valence-corrected chi connectivity index (χ4v) is 3.62. The van der Waals surface area contributed by atoms with Gasteiger partial charge in [0.1, 0.15) is 5.25 Å². The number of carbonyl (C=O) groups excluding carboxylic acids is 2. The molecule has 1 aliphatic rings. The molecule has 0 fully saturated rings. The Morgan fingerprint density at radius 1 is 1.39 bits per heavy atom. The zero-order valence-corrected chi connectivity index (χ0v) is 15.0. The highest BCUT2D eigenvalue weighted by atomic mass is 35.5. The highest BCUT2D eigenvalue weighted by Crippen LogP contribution is 2.28. The molecule has 1 aromatic rings. The van der Waals surface area contributed by atoms with E-state index in [2.05, 4.69) is 10.3 Å². The molecule has 5 nitrogen and oxygen atoms in total. The van der Waals surface area contributed by atoms with Crippen LogP contribution < -0.4 is 5.32 Å². The zero-order chi connectivity index (χ0) is 17.0. The van der Waals surface area contributed by atoms with Crippen LogP contribution in [-0.2, 0) is 9.59 Å². The lowest BCUT2D eigenvalue weighted by Gasteiger charge is -2.19. The molecule has 23 heavy (non-hydrogen) atoms. The summed E-state index contributed by atoms with van der Waals surface area (Å²) in [7, 11) is 0. The molecule has 1 aliphatic heterocycles. The van der Waals surface area contributed by atoms with Crippen molar-refractivity contribution in [3.05, 3.63) is 28.8 Å². The van der Waals surface area contributed by atoms with Crippen molar-refractivity contribution in [3.8, 4) is 0 Å². The molecule has 0 radical (unpaired) electrons. The van der Waals surface area contributed by atoms with Gasteiger partial charge in [-0.1, -0.05) is 29.4 Å². The lowest BCUT2D eigenvalue weighted by molar-refractivity contribution is -0.121. The van der Waals surface area contributed by atoms with Gasteiger partial charge in [0, 0.05) is 30.2 Å². The molecule has 124 valence electrons. The number of thioether (sulfide) groups is 1. The molecule has 0 unspecified atom stereocenters.